The van der Waals surface area contributed by atoms with Crippen LogP contribution < -0.4 is 11.1 Å². The van der Waals surface area contributed by atoms with Crippen molar-refractivity contribution in [2.75, 3.05) is 11.1 Å². The van der Waals surface area contributed by atoms with Crippen LogP contribution in [0.2, 0.25) is 0 Å². The Bertz CT molecular complexity index is 559. The van der Waals surface area contributed by atoms with Crippen LogP contribution in [0.15, 0.2) is 36.8 Å². The molecule has 1 heterocycles. The van der Waals surface area contributed by atoms with E-state index in [2.05, 4.69) is 15.3 Å². The maximum absolute atomic E-state index is 10.6. The number of hydrogen-bond acceptors (Lipinski definition) is 6. The number of rotatable bonds is 4. The molecule has 3 N–H and O–H groups in total. The Hall–Kier alpha value is -2.70. The van der Waals surface area contributed by atoms with Gasteiger partial charge in [0.15, 0.2) is 0 Å². The lowest BCUT2D eigenvalue weighted by atomic mass is 10.2. The summed E-state index contributed by atoms with van der Waals surface area (Å²) in [5.41, 5.74) is 7.47. The van der Waals surface area contributed by atoms with Crippen molar-refractivity contribution >= 4 is 17.1 Å². The van der Waals surface area contributed by atoms with Gasteiger partial charge in [-0.3, -0.25) is 10.1 Å². The van der Waals surface area contributed by atoms with Crippen LogP contribution in [0.25, 0.3) is 0 Å². The molecule has 2 rings (SSSR count). The van der Waals surface area contributed by atoms with Gasteiger partial charge >= 0.3 is 0 Å². The lowest BCUT2D eigenvalue weighted by Gasteiger charge is -2.08. The van der Waals surface area contributed by atoms with Gasteiger partial charge in [0, 0.05) is 18.3 Å². The maximum Gasteiger partial charge on any atom is 0.271 e. The van der Waals surface area contributed by atoms with Crippen LogP contribution in [0.3, 0.4) is 0 Å². The third kappa shape index (κ3) is 2.70. The van der Waals surface area contributed by atoms with Crippen LogP contribution in [0.5, 0.6) is 0 Å². The van der Waals surface area contributed by atoms with E-state index in [1.165, 1.54) is 18.5 Å². The Balaban J connectivity index is 2.08. The largest absolute Gasteiger partial charge is 0.397 e. The summed E-state index contributed by atoms with van der Waals surface area (Å²) in [5.74, 6) is 0. The molecule has 0 aliphatic carbocycles. The average Bonchev–Trinajstić information content (AvgIpc) is 2.38. The molecule has 0 aliphatic rings. The Kier molecular flexibility index (Phi) is 3.33. The van der Waals surface area contributed by atoms with Gasteiger partial charge in [0.2, 0.25) is 0 Å². The van der Waals surface area contributed by atoms with Crippen molar-refractivity contribution in [2.45, 2.75) is 6.54 Å². The zero-order valence-corrected chi connectivity index (χ0v) is 9.41. The van der Waals surface area contributed by atoms with Gasteiger partial charge in [-0.15, -0.1) is 0 Å². The molecule has 18 heavy (non-hydrogen) atoms. The third-order valence-corrected chi connectivity index (χ3v) is 2.35. The highest BCUT2D eigenvalue weighted by Gasteiger charge is 2.08. The van der Waals surface area contributed by atoms with Crippen molar-refractivity contribution in [3.05, 3.63) is 52.6 Å². The minimum Gasteiger partial charge on any atom is -0.397 e. The summed E-state index contributed by atoms with van der Waals surface area (Å²) in [5, 5.41) is 13.6. The summed E-state index contributed by atoms with van der Waals surface area (Å²) in [7, 11) is 0. The molecule has 1 aromatic heterocycles. The van der Waals surface area contributed by atoms with E-state index >= 15 is 0 Å². The molecule has 1 aromatic carbocycles. The number of anilines is 2. The van der Waals surface area contributed by atoms with E-state index in [4.69, 9.17) is 5.73 Å². The number of nitro benzene ring substituents is 1. The van der Waals surface area contributed by atoms with Crippen molar-refractivity contribution in [1.82, 2.24) is 9.97 Å². The van der Waals surface area contributed by atoms with Gasteiger partial charge in [-0.25, -0.2) is 9.97 Å². The van der Waals surface area contributed by atoms with Gasteiger partial charge in [0.25, 0.3) is 5.69 Å². The van der Waals surface area contributed by atoms with Gasteiger partial charge in [-0.2, -0.15) is 0 Å². The topological polar surface area (TPSA) is 107 Å². The second-order valence-electron chi connectivity index (χ2n) is 3.58. The number of aromatic nitrogens is 2. The monoisotopic (exact) mass is 245 g/mol. The second kappa shape index (κ2) is 5.09. The molecule has 0 saturated carbocycles. The first kappa shape index (κ1) is 11.8. The standard InChI is InChI=1S/C11H11N5O2/c12-10-5-9(16(17)18)1-2-11(10)14-6-8-3-4-13-7-15-8/h1-5,7,14H,6,12H2. The molecule has 7 heteroatoms. The molecule has 0 fully saturated rings. The zero-order valence-electron chi connectivity index (χ0n) is 9.41. The van der Waals surface area contributed by atoms with Gasteiger partial charge in [0.05, 0.1) is 28.5 Å². The minimum absolute atomic E-state index is 0.0277. The number of benzene rings is 1. The summed E-state index contributed by atoms with van der Waals surface area (Å²) in [6, 6.07) is 6.07. The van der Waals surface area contributed by atoms with Crippen molar-refractivity contribution in [2.24, 2.45) is 0 Å². The Labute approximate surface area is 103 Å². The fraction of sp³-hybridized carbons (Fsp3) is 0.0909. The van der Waals surface area contributed by atoms with Crippen LogP contribution in [0.1, 0.15) is 5.69 Å². The van der Waals surface area contributed by atoms with E-state index in [1.807, 2.05) is 0 Å². The summed E-state index contributed by atoms with van der Waals surface area (Å²) in [6.45, 7) is 0.477. The van der Waals surface area contributed by atoms with Gasteiger partial charge in [0.1, 0.15) is 6.33 Å². The first-order valence-electron chi connectivity index (χ1n) is 5.19. The summed E-state index contributed by atoms with van der Waals surface area (Å²) in [6.07, 6.45) is 3.10. The summed E-state index contributed by atoms with van der Waals surface area (Å²) < 4.78 is 0. The van der Waals surface area contributed by atoms with E-state index in [0.717, 1.165) is 5.69 Å². The number of nitrogen functional groups attached to an aromatic ring is 1. The van der Waals surface area contributed by atoms with Crippen molar-refractivity contribution in [3.63, 3.8) is 0 Å². The quantitative estimate of drug-likeness (QED) is 0.481. The first-order chi connectivity index (χ1) is 8.66. The van der Waals surface area contributed by atoms with Crippen LogP contribution in [-0.2, 0) is 6.54 Å². The van der Waals surface area contributed by atoms with Crippen LogP contribution in [0.4, 0.5) is 17.1 Å². The Morgan fingerprint density at radius 2 is 2.22 bits per heavy atom. The molecule has 0 unspecified atom stereocenters. The van der Waals surface area contributed by atoms with E-state index in [-0.39, 0.29) is 5.69 Å². The molecule has 0 amide bonds. The number of nitrogens with one attached hydrogen (secondary N) is 1. The van der Waals surface area contributed by atoms with Crippen LogP contribution in [-0.4, -0.2) is 14.9 Å². The van der Waals surface area contributed by atoms with Crippen molar-refractivity contribution < 1.29 is 4.92 Å². The fourth-order valence-electron chi connectivity index (χ4n) is 1.43. The number of hydrogen-bond donors (Lipinski definition) is 2. The number of nitrogens with zero attached hydrogens (tertiary/aromatic N) is 3. The Morgan fingerprint density at radius 1 is 1.39 bits per heavy atom. The third-order valence-electron chi connectivity index (χ3n) is 2.35. The molecule has 0 atom stereocenters. The van der Waals surface area contributed by atoms with Crippen molar-refractivity contribution in [1.29, 1.82) is 0 Å². The molecule has 0 saturated heterocycles. The molecule has 7 nitrogen and oxygen atoms in total. The summed E-state index contributed by atoms with van der Waals surface area (Å²) in [4.78, 5) is 17.9. The molecule has 0 spiro atoms. The van der Waals surface area contributed by atoms with Crippen LogP contribution >= 0.6 is 0 Å². The smallest absolute Gasteiger partial charge is 0.271 e. The minimum atomic E-state index is -0.482. The molecule has 92 valence electrons. The zero-order chi connectivity index (χ0) is 13.0. The number of non-ortho nitro benzene ring substituents is 1. The highest BCUT2D eigenvalue weighted by atomic mass is 16.6. The molecule has 0 bridgehead atoms. The van der Waals surface area contributed by atoms with Crippen molar-refractivity contribution in [3.8, 4) is 0 Å². The Morgan fingerprint density at radius 3 is 2.83 bits per heavy atom. The average molecular weight is 245 g/mol. The van der Waals surface area contributed by atoms with E-state index in [1.54, 1.807) is 18.3 Å². The second-order valence-corrected chi connectivity index (χ2v) is 3.58. The first-order valence-corrected chi connectivity index (χ1v) is 5.19. The number of nitrogens with two attached hydrogens (primary N) is 1. The normalized spacial score (nSPS) is 10.0. The maximum atomic E-state index is 10.6. The molecule has 0 radical (unpaired) electrons. The highest BCUT2D eigenvalue weighted by Crippen LogP contribution is 2.24. The SMILES string of the molecule is Nc1cc([N+](=O)[O-])ccc1NCc1ccncn1. The lowest BCUT2D eigenvalue weighted by molar-refractivity contribution is -0.384. The van der Waals surface area contributed by atoms with Gasteiger partial charge in [-0.1, -0.05) is 0 Å². The molecule has 2 aromatic rings. The van der Waals surface area contributed by atoms with E-state index < -0.39 is 4.92 Å². The number of nitro groups is 1. The lowest BCUT2D eigenvalue weighted by Crippen LogP contribution is -2.04. The molecular formula is C11H11N5O2. The summed E-state index contributed by atoms with van der Waals surface area (Å²) >= 11 is 0. The predicted octanol–water partition coefficient (Wildman–Crippen LogP) is 1.58. The van der Waals surface area contributed by atoms with E-state index in [0.29, 0.717) is 17.9 Å². The molecule has 0 aliphatic heterocycles. The molecular weight excluding hydrogens is 234 g/mol. The van der Waals surface area contributed by atoms with Gasteiger partial charge < -0.3 is 11.1 Å². The fourth-order valence-corrected chi connectivity index (χ4v) is 1.43. The van der Waals surface area contributed by atoms with E-state index in [9.17, 15) is 10.1 Å². The predicted molar refractivity (Wildman–Crippen MR) is 66.9 cm³/mol. The van der Waals surface area contributed by atoms with Gasteiger partial charge in [-0.05, 0) is 12.1 Å². The van der Waals surface area contributed by atoms with Crippen LogP contribution in [0, 0.1) is 10.1 Å². The highest BCUT2D eigenvalue weighted by molar-refractivity contribution is 5.69.